The molecular formula is C17H14F3NO7S. The van der Waals surface area contributed by atoms with Crippen LogP contribution >= 0.6 is 0 Å². The Labute approximate surface area is 163 Å². The summed E-state index contributed by atoms with van der Waals surface area (Å²) in [5, 5.41) is 20.6. The molecule has 0 aromatic heterocycles. The van der Waals surface area contributed by atoms with Crippen molar-refractivity contribution in [2.24, 2.45) is 0 Å². The number of alkyl halides is 3. The molecule has 2 rings (SSSR count). The van der Waals surface area contributed by atoms with Gasteiger partial charge in [-0.3, -0.25) is 10.1 Å². The van der Waals surface area contributed by atoms with Gasteiger partial charge < -0.3 is 14.0 Å². The van der Waals surface area contributed by atoms with Gasteiger partial charge in [-0.1, -0.05) is 18.2 Å². The van der Waals surface area contributed by atoms with Gasteiger partial charge in [0.2, 0.25) is 0 Å². The average Bonchev–Trinajstić information content (AvgIpc) is 2.61. The zero-order chi connectivity index (χ0) is 22.0. The van der Waals surface area contributed by atoms with E-state index in [2.05, 4.69) is 4.18 Å². The lowest BCUT2D eigenvalue weighted by Crippen LogP contribution is -2.28. The van der Waals surface area contributed by atoms with Crippen LogP contribution in [-0.4, -0.2) is 31.1 Å². The van der Waals surface area contributed by atoms with E-state index < -0.39 is 32.0 Å². The predicted octanol–water partition coefficient (Wildman–Crippen LogP) is 4.02. The molecule has 0 saturated carbocycles. The first kappa shape index (κ1) is 22.0. The molecule has 156 valence electrons. The van der Waals surface area contributed by atoms with Gasteiger partial charge in [-0.15, -0.1) is 0 Å². The van der Waals surface area contributed by atoms with Crippen molar-refractivity contribution in [1.29, 1.82) is 0 Å². The van der Waals surface area contributed by atoms with Crippen LogP contribution in [0.1, 0.15) is 16.7 Å². The number of hydrogen-bond acceptors (Lipinski definition) is 7. The number of aryl methyl sites for hydroxylation is 1. The molecule has 0 aliphatic heterocycles. The summed E-state index contributed by atoms with van der Waals surface area (Å²) < 4.78 is 70.0. The number of non-ortho nitro benzene ring substituents is 1. The number of methoxy groups -OCH3 is 1. The van der Waals surface area contributed by atoms with E-state index in [1.807, 2.05) is 0 Å². The Kier molecular flexibility index (Phi) is 6.07. The third-order valence-electron chi connectivity index (χ3n) is 3.63. The van der Waals surface area contributed by atoms with E-state index in [-0.39, 0.29) is 22.6 Å². The van der Waals surface area contributed by atoms with Gasteiger partial charge in [0.1, 0.15) is 0 Å². The Morgan fingerprint density at radius 3 is 2.38 bits per heavy atom. The minimum atomic E-state index is -5.98. The second-order valence-electron chi connectivity index (χ2n) is 5.69. The second kappa shape index (κ2) is 7.99. The first-order valence-corrected chi connectivity index (χ1v) is 9.11. The van der Waals surface area contributed by atoms with Crippen LogP contribution in [0.5, 0.6) is 17.2 Å². The summed E-state index contributed by atoms with van der Waals surface area (Å²) in [5.74, 6) is -0.746. The van der Waals surface area contributed by atoms with Crippen molar-refractivity contribution in [2.75, 3.05) is 7.11 Å². The maximum absolute atomic E-state index is 12.7. The molecule has 2 aromatic carbocycles. The number of rotatable bonds is 6. The van der Waals surface area contributed by atoms with Crippen LogP contribution in [0, 0.1) is 17.0 Å². The number of hydrogen-bond donors (Lipinski definition) is 1. The summed E-state index contributed by atoms with van der Waals surface area (Å²) in [6, 6.07) is 5.89. The maximum Gasteiger partial charge on any atom is 0.534 e. The Morgan fingerprint density at radius 1 is 1.17 bits per heavy atom. The molecule has 8 nitrogen and oxygen atoms in total. The highest BCUT2D eigenvalue weighted by atomic mass is 32.2. The Balaban J connectivity index is 2.57. The van der Waals surface area contributed by atoms with Gasteiger partial charge in [0.15, 0.2) is 17.2 Å². The smallest absolute Gasteiger partial charge is 0.504 e. The number of aromatic hydroxyl groups is 1. The summed E-state index contributed by atoms with van der Waals surface area (Å²) in [5.41, 5.74) is -6.19. The van der Waals surface area contributed by atoms with E-state index in [4.69, 9.17) is 4.74 Å². The molecule has 0 radical (unpaired) electrons. The highest BCUT2D eigenvalue weighted by molar-refractivity contribution is 7.88. The predicted molar refractivity (Wildman–Crippen MR) is 97.0 cm³/mol. The van der Waals surface area contributed by atoms with Gasteiger partial charge in [-0.25, -0.2) is 0 Å². The van der Waals surface area contributed by atoms with Crippen LogP contribution in [0.25, 0.3) is 12.2 Å². The van der Waals surface area contributed by atoms with Crippen LogP contribution in [0.4, 0.5) is 18.9 Å². The summed E-state index contributed by atoms with van der Waals surface area (Å²) in [6.45, 7) is 1.18. The molecule has 0 saturated heterocycles. The van der Waals surface area contributed by atoms with E-state index in [9.17, 15) is 36.8 Å². The van der Waals surface area contributed by atoms with Crippen molar-refractivity contribution >= 4 is 28.0 Å². The highest BCUT2D eigenvalue weighted by Gasteiger charge is 2.49. The molecule has 0 unspecified atom stereocenters. The van der Waals surface area contributed by atoms with Crippen LogP contribution in [0.3, 0.4) is 0 Å². The SMILES string of the molecule is COc1cc(/C=C/c2cc([N+](=O)[O-])cc(C)c2OS(=O)(=O)C(F)(F)F)ccc1O. The molecule has 0 spiro atoms. The normalized spacial score (nSPS) is 12.2. The van der Waals surface area contributed by atoms with Gasteiger partial charge in [0.25, 0.3) is 5.69 Å². The van der Waals surface area contributed by atoms with Crippen molar-refractivity contribution in [3.05, 3.63) is 57.1 Å². The topological polar surface area (TPSA) is 116 Å². The van der Waals surface area contributed by atoms with Crippen LogP contribution in [0.2, 0.25) is 0 Å². The number of phenols is 1. The molecule has 0 amide bonds. The van der Waals surface area contributed by atoms with E-state index >= 15 is 0 Å². The first-order valence-electron chi connectivity index (χ1n) is 7.70. The van der Waals surface area contributed by atoms with Crippen LogP contribution < -0.4 is 8.92 Å². The number of nitro groups is 1. The number of ether oxygens (including phenoxy) is 1. The van der Waals surface area contributed by atoms with E-state index in [0.717, 1.165) is 18.2 Å². The van der Waals surface area contributed by atoms with Gasteiger partial charge in [-0.2, -0.15) is 21.6 Å². The highest BCUT2D eigenvalue weighted by Crippen LogP contribution is 2.35. The van der Waals surface area contributed by atoms with Gasteiger partial charge in [0.05, 0.1) is 12.0 Å². The molecule has 0 atom stereocenters. The van der Waals surface area contributed by atoms with Crippen LogP contribution in [0.15, 0.2) is 30.3 Å². The lowest BCUT2D eigenvalue weighted by atomic mass is 10.1. The molecule has 12 heteroatoms. The number of phenolic OH excluding ortho intramolecular Hbond substituents is 1. The van der Waals surface area contributed by atoms with Crippen LogP contribution in [-0.2, 0) is 10.1 Å². The first-order chi connectivity index (χ1) is 13.4. The zero-order valence-corrected chi connectivity index (χ0v) is 15.7. The molecule has 1 N–H and O–H groups in total. The minimum Gasteiger partial charge on any atom is -0.504 e. The molecule has 0 bridgehead atoms. The fraction of sp³-hybridized carbons (Fsp3) is 0.176. The van der Waals surface area contributed by atoms with Crippen molar-refractivity contribution in [3.8, 4) is 17.2 Å². The third-order valence-corrected chi connectivity index (χ3v) is 4.59. The van der Waals surface area contributed by atoms with Crippen molar-refractivity contribution in [1.82, 2.24) is 0 Å². The summed E-state index contributed by atoms with van der Waals surface area (Å²) in [7, 11) is -4.68. The Bertz CT molecular complexity index is 1080. The summed E-state index contributed by atoms with van der Waals surface area (Å²) >= 11 is 0. The standard InChI is InChI=1S/C17H14F3NO7S/c1-10-7-13(21(23)24)9-12(16(10)28-29(25,26)17(18,19)20)5-3-11-4-6-14(22)15(8-11)27-2/h3-9,22H,1-2H3/b5-3+. The monoisotopic (exact) mass is 433 g/mol. The number of nitrogens with zero attached hydrogens (tertiary/aromatic N) is 1. The minimum absolute atomic E-state index is 0.110. The maximum atomic E-state index is 12.7. The van der Waals surface area contributed by atoms with Gasteiger partial charge in [-0.05, 0) is 24.6 Å². The molecule has 0 aliphatic carbocycles. The molecule has 2 aromatic rings. The molecular weight excluding hydrogens is 419 g/mol. The molecule has 0 fully saturated rings. The molecule has 0 heterocycles. The Morgan fingerprint density at radius 2 is 1.83 bits per heavy atom. The van der Waals surface area contributed by atoms with Crippen molar-refractivity contribution in [3.63, 3.8) is 0 Å². The van der Waals surface area contributed by atoms with Crippen molar-refractivity contribution < 1.29 is 40.5 Å². The van der Waals surface area contributed by atoms with E-state index in [1.165, 1.54) is 38.3 Å². The quantitative estimate of drug-likeness (QED) is 0.240. The number of nitro benzene ring substituents is 1. The third kappa shape index (κ3) is 4.96. The average molecular weight is 433 g/mol. The van der Waals surface area contributed by atoms with E-state index in [0.29, 0.717) is 5.56 Å². The molecule has 29 heavy (non-hydrogen) atoms. The van der Waals surface area contributed by atoms with Crippen molar-refractivity contribution in [2.45, 2.75) is 12.4 Å². The number of benzene rings is 2. The Hall–Kier alpha value is -3.28. The summed E-state index contributed by atoms with van der Waals surface area (Å²) in [6.07, 6.45) is 2.47. The fourth-order valence-electron chi connectivity index (χ4n) is 2.27. The lowest BCUT2D eigenvalue weighted by Gasteiger charge is -2.13. The molecule has 0 aliphatic rings. The van der Waals surface area contributed by atoms with Gasteiger partial charge in [0, 0.05) is 23.3 Å². The van der Waals surface area contributed by atoms with Gasteiger partial charge >= 0.3 is 15.6 Å². The largest absolute Gasteiger partial charge is 0.534 e. The number of halogens is 3. The fourth-order valence-corrected chi connectivity index (χ4v) is 2.81. The lowest BCUT2D eigenvalue weighted by molar-refractivity contribution is -0.384. The second-order valence-corrected chi connectivity index (χ2v) is 7.22. The summed E-state index contributed by atoms with van der Waals surface area (Å²) in [4.78, 5) is 10.3. The zero-order valence-electron chi connectivity index (χ0n) is 14.9. The van der Waals surface area contributed by atoms with E-state index in [1.54, 1.807) is 0 Å².